The van der Waals surface area contributed by atoms with E-state index < -0.39 is 0 Å². The zero-order valence-corrected chi connectivity index (χ0v) is 11.6. The summed E-state index contributed by atoms with van der Waals surface area (Å²) < 4.78 is 5.30. The molecule has 0 bridgehead atoms. The third-order valence-corrected chi connectivity index (χ3v) is 2.91. The quantitative estimate of drug-likeness (QED) is 0.627. The number of halogens is 1. The van der Waals surface area contributed by atoms with Crippen LogP contribution in [0.4, 0.5) is 0 Å². The zero-order chi connectivity index (χ0) is 13.8. The molecule has 0 aliphatic rings. The van der Waals surface area contributed by atoms with Crippen LogP contribution in [0.25, 0.3) is 11.1 Å². The van der Waals surface area contributed by atoms with E-state index in [-0.39, 0.29) is 11.1 Å². The molecule has 0 spiro atoms. The first kappa shape index (κ1) is 13.6. The Hall–Kier alpha value is -1.87. The van der Waals surface area contributed by atoms with Crippen molar-refractivity contribution in [1.29, 1.82) is 0 Å². The molecule has 2 aromatic rings. The van der Waals surface area contributed by atoms with Gasteiger partial charge in [-0.2, -0.15) is 0 Å². The van der Waals surface area contributed by atoms with E-state index in [9.17, 15) is 4.79 Å². The van der Waals surface area contributed by atoms with Crippen molar-refractivity contribution in [3.63, 3.8) is 0 Å². The predicted octanol–water partition coefficient (Wildman–Crippen LogP) is 4.03. The number of nitrogens with zero attached hydrogens (tertiary/aromatic N) is 1. The van der Waals surface area contributed by atoms with E-state index in [0.717, 1.165) is 16.8 Å². The van der Waals surface area contributed by atoms with Gasteiger partial charge >= 0.3 is 5.97 Å². The van der Waals surface area contributed by atoms with E-state index in [0.29, 0.717) is 12.2 Å². The van der Waals surface area contributed by atoms with E-state index in [1.807, 2.05) is 43.3 Å². The molecule has 4 heteroatoms. The van der Waals surface area contributed by atoms with Crippen LogP contribution in [-0.4, -0.2) is 11.0 Å². The average molecular weight is 276 g/mol. The van der Waals surface area contributed by atoms with Crippen LogP contribution in [0.5, 0.6) is 5.75 Å². The largest absolute Gasteiger partial charge is 0.423 e. The maximum atomic E-state index is 11.5. The van der Waals surface area contributed by atoms with Gasteiger partial charge in [0.25, 0.3) is 0 Å². The van der Waals surface area contributed by atoms with Crippen molar-refractivity contribution in [1.82, 2.24) is 4.98 Å². The van der Waals surface area contributed by atoms with Crippen molar-refractivity contribution in [2.75, 3.05) is 0 Å². The zero-order valence-electron chi connectivity index (χ0n) is 10.8. The number of hydrogen-bond acceptors (Lipinski definition) is 3. The fourth-order valence-electron chi connectivity index (χ4n) is 1.74. The highest BCUT2D eigenvalue weighted by Crippen LogP contribution is 2.35. The highest BCUT2D eigenvalue weighted by atomic mass is 35.5. The van der Waals surface area contributed by atoms with Gasteiger partial charge in [-0.05, 0) is 18.6 Å². The highest BCUT2D eigenvalue weighted by molar-refractivity contribution is 6.31. The van der Waals surface area contributed by atoms with E-state index in [4.69, 9.17) is 16.3 Å². The van der Waals surface area contributed by atoms with E-state index >= 15 is 0 Å². The third kappa shape index (κ3) is 3.12. The monoisotopic (exact) mass is 275 g/mol. The number of esters is 1. The molecule has 0 radical (unpaired) electrons. The lowest BCUT2D eigenvalue weighted by Crippen LogP contribution is -2.08. The summed E-state index contributed by atoms with van der Waals surface area (Å²) in [4.78, 5) is 15.6. The average Bonchev–Trinajstić information content (AvgIpc) is 2.42. The highest BCUT2D eigenvalue weighted by Gasteiger charge is 2.15. The minimum atomic E-state index is -0.329. The van der Waals surface area contributed by atoms with Crippen LogP contribution in [0.3, 0.4) is 0 Å². The summed E-state index contributed by atoms with van der Waals surface area (Å²) in [5, 5.41) is 0.209. The number of carbonyl (C=O) groups is 1. The van der Waals surface area contributed by atoms with Crippen LogP contribution in [0, 0.1) is 6.92 Å². The van der Waals surface area contributed by atoms with Gasteiger partial charge in [0, 0.05) is 17.7 Å². The molecular formula is C15H14ClNO2. The van der Waals surface area contributed by atoms with Crippen LogP contribution in [0.1, 0.15) is 19.0 Å². The number of aryl methyl sites for hydroxylation is 1. The summed E-state index contributed by atoms with van der Waals surface area (Å²) in [5.41, 5.74) is 2.49. The number of rotatable bonds is 3. The number of benzene rings is 1. The second kappa shape index (κ2) is 5.85. The molecule has 0 N–H and O–H groups in total. The smallest absolute Gasteiger partial charge is 0.311 e. The Bertz CT molecular complexity index is 597. The molecule has 0 unspecified atom stereocenters. The lowest BCUT2D eigenvalue weighted by molar-refractivity contribution is -0.134. The Labute approximate surface area is 117 Å². The maximum Gasteiger partial charge on any atom is 0.311 e. The summed E-state index contributed by atoms with van der Waals surface area (Å²) in [6, 6.07) is 11.5. The number of ether oxygens (including phenoxy) is 1. The first-order chi connectivity index (χ1) is 9.11. The van der Waals surface area contributed by atoms with E-state index in [1.165, 1.54) is 0 Å². The van der Waals surface area contributed by atoms with Gasteiger partial charge in [-0.15, -0.1) is 0 Å². The van der Waals surface area contributed by atoms with Crippen LogP contribution < -0.4 is 4.74 Å². The van der Waals surface area contributed by atoms with Gasteiger partial charge < -0.3 is 4.74 Å². The Morgan fingerprint density at radius 3 is 2.63 bits per heavy atom. The molecular weight excluding hydrogens is 262 g/mol. The van der Waals surface area contributed by atoms with Crippen LogP contribution in [0.15, 0.2) is 36.4 Å². The van der Waals surface area contributed by atoms with Gasteiger partial charge in [-0.1, -0.05) is 48.9 Å². The Morgan fingerprint density at radius 2 is 2.00 bits per heavy atom. The topological polar surface area (TPSA) is 39.2 Å². The summed E-state index contributed by atoms with van der Waals surface area (Å²) in [7, 11) is 0. The van der Waals surface area contributed by atoms with Crippen molar-refractivity contribution in [2.45, 2.75) is 20.3 Å². The minimum absolute atomic E-state index is 0.209. The van der Waals surface area contributed by atoms with E-state index in [2.05, 4.69) is 4.98 Å². The molecule has 1 aromatic heterocycles. The molecule has 2 rings (SSSR count). The van der Waals surface area contributed by atoms with Crippen LogP contribution >= 0.6 is 11.6 Å². The minimum Gasteiger partial charge on any atom is -0.423 e. The molecule has 98 valence electrons. The summed E-state index contributed by atoms with van der Waals surface area (Å²) in [6.07, 6.45) is 0.290. The first-order valence-corrected chi connectivity index (χ1v) is 6.43. The molecule has 19 heavy (non-hydrogen) atoms. The van der Waals surface area contributed by atoms with Crippen molar-refractivity contribution in [3.05, 3.63) is 47.2 Å². The number of pyridine rings is 1. The molecule has 1 aromatic carbocycles. The molecule has 3 nitrogen and oxygen atoms in total. The molecule has 0 atom stereocenters. The fraction of sp³-hybridized carbons (Fsp3) is 0.200. The standard InChI is InChI=1S/C15H14ClNO2/c1-3-13(18)19-14-12(9-10(2)17-15(14)16)11-7-5-4-6-8-11/h4-9H,3H2,1-2H3. The lowest BCUT2D eigenvalue weighted by Gasteiger charge is -2.12. The summed E-state index contributed by atoms with van der Waals surface area (Å²) in [5.74, 6) is -0.00458. The molecule has 0 amide bonds. The van der Waals surface area contributed by atoms with E-state index in [1.54, 1.807) is 6.92 Å². The van der Waals surface area contributed by atoms with Gasteiger partial charge in [0.1, 0.15) is 0 Å². The Kier molecular flexibility index (Phi) is 4.17. The Morgan fingerprint density at radius 1 is 1.32 bits per heavy atom. The van der Waals surface area contributed by atoms with Crippen LogP contribution in [0.2, 0.25) is 5.15 Å². The number of hydrogen-bond donors (Lipinski definition) is 0. The van der Waals surface area contributed by atoms with Crippen LogP contribution in [-0.2, 0) is 4.79 Å². The third-order valence-electron chi connectivity index (χ3n) is 2.65. The van der Waals surface area contributed by atoms with Gasteiger partial charge in [0.05, 0.1) is 0 Å². The van der Waals surface area contributed by atoms with Gasteiger partial charge in [0.15, 0.2) is 10.9 Å². The van der Waals surface area contributed by atoms with Gasteiger partial charge in [0.2, 0.25) is 0 Å². The SMILES string of the molecule is CCC(=O)Oc1c(-c2ccccc2)cc(C)nc1Cl. The molecule has 0 fully saturated rings. The van der Waals surface area contributed by atoms with Crippen molar-refractivity contribution < 1.29 is 9.53 Å². The predicted molar refractivity (Wildman–Crippen MR) is 75.3 cm³/mol. The maximum absolute atomic E-state index is 11.5. The molecule has 0 aliphatic heterocycles. The van der Waals surface area contributed by atoms with Crippen molar-refractivity contribution in [2.24, 2.45) is 0 Å². The number of aromatic nitrogens is 1. The summed E-state index contributed by atoms with van der Waals surface area (Å²) >= 11 is 6.10. The van der Waals surface area contributed by atoms with Crippen molar-refractivity contribution >= 4 is 17.6 Å². The Balaban J connectivity index is 2.55. The fourth-order valence-corrected chi connectivity index (χ4v) is 2.01. The van der Waals surface area contributed by atoms with Gasteiger partial charge in [-0.25, -0.2) is 4.98 Å². The normalized spacial score (nSPS) is 10.3. The molecule has 1 heterocycles. The molecule has 0 saturated heterocycles. The molecule has 0 saturated carbocycles. The first-order valence-electron chi connectivity index (χ1n) is 6.05. The molecule has 0 aliphatic carbocycles. The number of carbonyl (C=O) groups excluding carboxylic acids is 1. The van der Waals surface area contributed by atoms with Crippen molar-refractivity contribution in [3.8, 4) is 16.9 Å². The summed E-state index contributed by atoms with van der Waals surface area (Å²) in [6.45, 7) is 3.59. The second-order valence-corrected chi connectivity index (χ2v) is 4.48. The lowest BCUT2D eigenvalue weighted by atomic mass is 10.1. The second-order valence-electron chi connectivity index (χ2n) is 4.12. The van der Waals surface area contributed by atoms with Gasteiger partial charge in [-0.3, -0.25) is 4.79 Å².